The first-order valence-electron chi connectivity index (χ1n) is 23.3. The molecule has 0 spiro atoms. The van der Waals surface area contributed by atoms with E-state index in [0.29, 0.717) is 23.1 Å². The van der Waals surface area contributed by atoms with Crippen LogP contribution in [-0.4, -0.2) is 121 Å². The molecule has 8 aromatic rings. The number of aromatic nitrogens is 6. The Bertz CT molecular complexity index is 3470. The van der Waals surface area contributed by atoms with E-state index in [9.17, 15) is 31.2 Å². The number of aliphatic hydroxyl groups excluding tert-OH is 1. The van der Waals surface area contributed by atoms with Crippen molar-refractivity contribution in [3.63, 3.8) is 0 Å². The first-order valence-corrected chi connectivity index (χ1v) is 29.5. The number of aliphatic hydroxyl groups is 1. The number of likely N-dealkylation sites (tertiary alicyclic amines) is 1. The topological polar surface area (TPSA) is 244 Å². The zero-order valence-electron chi connectivity index (χ0n) is 42.8. The molecule has 2 aliphatic rings. The van der Waals surface area contributed by atoms with E-state index in [1.54, 1.807) is 108 Å². The molecule has 2 fully saturated rings. The summed E-state index contributed by atoms with van der Waals surface area (Å²) in [4.78, 5) is 58.3. The molecule has 6 aromatic heterocycles. The number of hydrogen-bond acceptors (Lipinski definition) is 19. The average molecular weight is 1260 g/mol. The van der Waals surface area contributed by atoms with Gasteiger partial charge < -0.3 is 28.0 Å². The fraction of sp³-hybridized carbons (Fsp3) is 0.300. The van der Waals surface area contributed by atoms with Crippen LogP contribution in [0.15, 0.2) is 127 Å². The predicted octanol–water partition coefficient (Wildman–Crippen LogP) is 5.87. The van der Waals surface area contributed by atoms with Gasteiger partial charge in [-0.3, -0.25) is 4.79 Å². The molecule has 0 unspecified atom stereocenters. The molecule has 2 N–H and O–H groups in total. The van der Waals surface area contributed by atoms with E-state index >= 15 is 0 Å². The Labute approximate surface area is 494 Å². The van der Waals surface area contributed by atoms with Crippen LogP contribution in [0.5, 0.6) is 0 Å². The molecule has 0 amide bonds. The van der Waals surface area contributed by atoms with Crippen molar-refractivity contribution in [3.05, 3.63) is 127 Å². The van der Waals surface area contributed by atoms with E-state index in [2.05, 4.69) is 81.6 Å². The molecule has 2 saturated heterocycles. The van der Waals surface area contributed by atoms with Crippen molar-refractivity contribution in [2.24, 2.45) is 0 Å². The number of benzene rings is 2. The predicted molar refractivity (Wildman–Crippen MR) is 299 cm³/mol. The van der Waals surface area contributed by atoms with Crippen molar-refractivity contribution in [2.75, 3.05) is 40.3 Å². The molecule has 8 heterocycles. The maximum atomic E-state index is 13.3. The molecule has 0 atom stereocenters. The molecule has 2 aliphatic heterocycles. The van der Waals surface area contributed by atoms with Crippen LogP contribution >= 0.6 is 54.5 Å². The van der Waals surface area contributed by atoms with Gasteiger partial charge in [0.25, 0.3) is 20.0 Å². The number of pyridine rings is 2. The monoisotopic (exact) mass is 1260 g/mol. The fourth-order valence-electron chi connectivity index (χ4n) is 7.93. The van der Waals surface area contributed by atoms with Crippen LogP contribution in [0.3, 0.4) is 0 Å². The van der Waals surface area contributed by atoms with Crippen molar-refractivity contribution in [3.8, 4) is 22.5 Å². The zero-order valence-corrected chi connectivity index (χ0v) is 51.3. The summed E-state index contributed by atoms with van der Waals surface area (Å²) in [6, 6.07) is 20.7. The molecule has 0 saturated carbocycles. The number of hydrogen-bond donors (Lipinski definition) is 2. The van der Waals surface area contributed by atoms with E-state index in [0.717, 1.165) is 125 Å². The first kappa shape index (κ1) is 63.1. The Hall–Kier alpha value is -4.71. The third-order valence-electron chi connectivity index (χ3n) is 11.6. The smallest absolute Gasteiger partial charge is 0.793 e. The number of carbonyl (C=O) groups is 3. The summed E-state index contributed by atoms with van der Waals surface area (Å²) >= 11 is 10.2. The summed E-state index contributed by atoms with van der Waals surface area (Å²) in [7, 11) is -0.0785. The maximum absolute atomic E-state index is 13.3. The van der Waals surface area contributed by atoms with Crippen molar-refractivity contribution in [1.82, 2.24) is 38.1 Å². The molecular weight excluding hydrogens is 1210 g/mol. The Balaban J connectivity index is 0.000000223. The van der Waals surface area contributed by atoms with Crippen LogP contribution in [0.25, 0.3) is 44.6 Å². The molecule has 19 nitrogen and oxygen atoms in total. The van der Waals surface area contributed by atoms with Gasteiger partial charge in [0.2, 0.25) is 5.97 Å². The van der Waals surface area contributed by atoms with Gasteiger partial charge in [-0.2, -0.15) is 0 Å². The molecule has 0 bridgehead atoms. The third-order valence-corrected chi connectivity index (χ3v) is 17.8. The summed E-state index contributed by atoms with van der Waals surface area (Å²) in [6.45, 7) is 7.68. The van der Waals surface area contributed by atoms with Crippen molar-refractivity contribution >= 4 is 123 Å². The summed E-state index contributed by atoms with van der Waals surface area (Å²) in [5.74, 6) is -0.831. The van der Waals surface area contributed by atoms with Crippen LogP contribution in [0.1, 0.15) is 68.3 Å². The van der Waals surface area contributed by atoms with Gasteiger partial charge in [0.05, 0.1) is 31.2 Å². The number of halogens is 2. The number of carbonyl (C=O) groups excluding carboxylic acids is 3. The van der Waals surface area contributed by atoms with Crippen LogP contribution in [-0.2, 0) is 48.9 Å². The van der Waals surface area contributed by atoms with Gasteiger partial charge in [0, 0.05) is 106 Å². The molecule has 0 aliphatic carbocycles. The zero-order chi connectivity index (χ0) is 55.2. The Morgan fingerprint density at radius 2 is 1.04 bits per heavy atom. The second-order valence-electron chi connectivity index (χ2n) is 16.9. The Morgan fingerprint density at radius 1 is 0.662 bits per heavy atom. The number of rotatable bonds is 8. The molecule has 10 rings (SSSR count). The Kier molecular flexibility index (Phi) is 24.2. The largest absolute Gasteiger partial charge is 1.00 e. The van der Waals surface area contributed by atoms with Gasteiger partial charge in [0.1, 0.15) is 0 Å². The van der Waals surface area contributed by atoms with Gasteiger partial charge in [-0.1, -0.05) is 36.4 Å². The first-order chi connectivity index (χ1) is 36.4. The molecule has 27 heteroatoms. The van der Waals surface area contributed by atoms with Gasteiger partial charge in [-0.15, -0.1) is 22.7 Å². The number of nitrogens with zero attached hydrogens (tertiary/aromatic N) is 7. The number of fused-ring (bicyclic) bond motifs is 2. The van der Waals surface area contributed by atoms with Gasteiger partial charge >= 0.3 is 41.5 Å². The quantitative estimate of drug-likeness (QED) is 0.103. The average Bonchev–Trinajstić information content (AvgIpc) is 4.31. The maximum Gasteiger partial charge on any atom is 1.00 e. The minimum absolute atomic E-state index is 0. The van der Waals surface area contributed by atoms with Crippen molar-refractivity contribution < 1.29 is 80.3 Å². The molecule has 77 heavy (non-hydrogen) atoms. The summed E-state index contributed by atoms with van der Waals surface area (Å²) < 4.78 is 61.1. The van der Waals surface area contributed by atoms with E-state index in [1.807, 2.05) is 22.9 Å². The van der Waals surface area contributed by atoms with Crippen molar-refractivity contribution in [1.29, 1.82) is 0 Å². The van der Waals surface area contributed by atoms with E-state index in [1.165, 1.54) is 14.9 Å². The van der Waals surface area contributed by atoms with Crippen LogP contribution in [0.2, 0.25) is 0 Å². The number of nitrogens with one attached hydrogen (secondary N) is 1. The van der Waals surface area contributed by atoms with E-state index in [-0.39, 0.29) is 39.3 Å². The van der Waals surface area contributed by atoms with Crippen LogP contribution < -0.4 is 34.9 Å². The fourth-order valence-corrected chi connectivity index (χ4v) is 13.3. The summed E-state index contributed by atoms with van der Waals surface area (Å²) in [5.41, 5.74) is 3.93. The Morgan fingerprint density at radius 3 is 1.40 bits per heavy atom. The van der Waals surface area contributed by atoms with Gasteiger partial charge in [-0.25, -0.2) is 64.1 Å². The molecule has 3 radical (unpaired) electrons. The molecule has 2 aromatic carbocycles. The second-order valence-corrected chi connectivity index (χ2v) is 24.1. The molecular formula is C50H53BBr2N8NaO11S4. The standard InChI is InChI=1S/C22H21BrN4O2S2.C21H19BrN4O2S2.C4H6O4.C2H3BO2.CH4O.Na/c1-26-9-7-15(8-10-26)22-25-20(14-30-22)19-13-27(21-18(19)11-16(23)12-24-21)31(28,29)17-5-3-2-4-6-17;22-15-10-17-18(19-13-29-21(25-19)14-6-8-23-9-7-14)12-26(20(17)24-11-15)30(27,28)16-4-2-1-3-5-16;1-3(5)7-8-4(2)6;1-2(4)5-3;1-2;/h2-6,11-15H,7-10H2,1H3;1-5,10-14,23H,6-9H2;1-2H3;1H3;2H,1H3;/q;;;-1;;+1. The summed E-state index contributed by atoms with van der Waals surface area (Å²) in [5, 5.41) is 18.2. The van der Waals surface area contributed by atoms with Gasteiger partial charge in [0.15, 0.2) is 11.3 Å². The van der Waals surface area contributed by atoms with E-state index in [4.69, 9.17) is 15.1 Å². The number of piperidine rings is 2. The number of thiazole rings is 2. The van der Waals surface area contributed by atoms with Crippen LogP contribution in [0.4, 0.5) is 0 Å². The van der Waals surface area contributed by atoms with E-state index < -0.39 is 38.0 Å². The third kappa shape index (κ3) is 16.4. The minimum Gasteiger partial charge on any atom is -0.793 e. The summed E-state index contributed by atoms with van der Waals surface area (Å²) in [6.07, 6.45) is 10.9. The second kappa shape index (κ2) is 29.5. The van der Waals surface area contributed by atoms with Gasteiger partial charge in [-0.05, 0) is 127 Å². The normalized spacial score (nSPS) is 13.9. The SMILES string of the molecule is CC(=O)OOC(C)=O.CN1CCC(c2nc(-c3cn(S(=O)(=O)c4ccccc4)c4ncc(Br)cc34)cs2)CC1.CO.O=S(=O)(c1ccccc1)n1cc(-c2csc(C3CCNCC3)n2)c2cc(Br)cnc21.[B-]OC(C)=O.[Na+]. The van der Waals surface area contributed by atoms with Crippen LogP contribution in [0, 0.1) is 0 Å². The van der Waals surface area contributed by atoms with Crippen molar-refractivity contribution in [2.45, 2.75) is 68.1 Å². The minimum atomic E-state index is -3.78. The molecule has 401 valence electrons.